The summed E-state index contributed by atoms with van der Waals surface area (Å²) in [4.78, 5) is 44.6. The van der Waals surface area contributed by atoms with Crippen LogP contribution in [0.4, 0.5) is 5.69 Å². The molecule has 0 amide bonds. The van der Waals surface area contributed by atoms with Gasteiger partial charge in [-0.3, -0.25) is 24.5 Å². The molecule has 0 N–H and O–H groups in total. The Hall–Kier alpha value is -2.63. The van der Waals surface area contributed by atoms with Crippen molar-refractivity contribution in [2.45, 2.75) is 12.8 Å². The van der Waals surface area contributed by atoms with Crippen molar-refractivity contribution in [3.05, 3.63) is 46.0 Å². The molecular formula is C14H11NO5. The molecule has 0 heterocycles. The first-order valence-corrected chi connectivity index (χ1v) is 6.01. The first-order valence-electron chi connectivity index (χ1n) is 6.01. The average Bonchev–Trinajstić information content (AvgIpc) is 2.76. The van der Waals surface area contributed by atoms with E-state index in [0.717, 1.165) is 0 Å². The van der Waals surface area contributed by atoms with Crippen LogP contribution in [0.3, 0.4) is 0 Å². The molecule has 0 aliphatic heterocycles. The number of allylic oxidation sites excluding steroid dienone is 1. The first kappa shape index (κ1) is 13.8. The third-order valence-corrected chi connectivity index (χ3v) is 3.09. The van der Waals surface area contributed by atoms with E-state index in [1.807, 2.05) is 0 Å². The van der Waals surface area contributed by atoms with Gasteiger partial charge in [0.15, 0.2) is 17.3 Å². The van der Waals surface area contributed by atoms with Crippen LogP contribution in [0.2, 0.25) is 0 Å². The van der Waals surface area contributed by atoms with E-state index in [4.69, 9.17) is 0 Å². The van der Waals surface area contributed by atoms with Crippen LogP contribution in [0.15, 0.2) is 30.3 Å². The van der Waals surface area contributed by atoms with Gasteiger partial charge in [-0.1, -0.05) is 6.08 Å². The largest absolute Gasteiger partial charge is 0.298 e. The van der Waals surface area contributed by atoms with Gasteiger partial charge < -0.3 is 0 Å². The smallest absolute Gasteiger partial charge is 0.269 e. The molecule has 6 nitrogen and oxygen atoms in total. The standard InChI is InChI=1S/C14H11NO5/c16-11(14-12(17)7-8-13(14)18)6-3-9-1-4-10(5-2-9)15(19)20/h1-6,14H,7-8H2/b6-3+. The molecule has 1 aromatic carbocycles. The number of carbonyl (C=O) groups is 3. The van der Waals surface area contributed by atoms with Crippen LogP contribution in [0.1, 0.15) is 18.4 Å². The zero-order valence-corrected chi connectivity index (χ0v) is 10.4. The van der Waals surface area contributed by atoms with Crippen molar-refractivity contribution in [1.82, 2.24) is 0 Å². The molecule has 1 aliphatic carbocycles. The second-order valence-electron chi connectivity index (χ2n) is 4.45. The van der Waals surface area contributed by atoms with Gasteiger partial charge in [0, 0.05) is 25.0 Å². The van der Waals surface area contributed by atoms with Gasteiger partial charge in [-0.25, -0.2) is 0 Å². The number of hydrogen-bond donors (Lipinski definition) is 0. The minimum Gasteiger partial charge on any atom is -0.298 e. The van der Waals surface area contributed by atoms with Gasteiger partial charge in [0.25, 0.3) is 5.69 Å². The number of benzene rings is 1. The predicted molar refractivity (Wildman–Crippen MR) is 69.9 cm³/mol. The molecule has 6 heteroatoms. The van der Waals surface area contributed by atoms with Crippen LogP contribution in [0.25, 0.3) is 6.08 Å². The zero-order chi connectivity index (χ0) is 14.7. The number of carbonyl (C=O) groups excluding carboxylic acids is 3. The summed E-state index contributed by atoms with van der Waals surface area (Å²) in [6.07, 6.45) is 2.86. The van der Waals surface area contributed by atoms with E-state index in [0.29, 0.717) is 5.56 Å². The Balaban J connectivity index is 2.09. The average molecular weight is 273 g/mol. The monoisotopic (exact) mass is 273 g/mol. The number of rotatable bonds is 4. The predicted octanol–water partition coefficient (Wildman–Crippen LogP) is 1.73. The number of nitrogens with zero attached hydrogens (tertiary/aromatic N) is 1. The van der Waals surface area contributed by atoms with Gasteiger partial charge >= 0.3 is 0 Å². The van der Waals surface area contributed by atoms with Crippen LogP contribution < -0.4 is 0 Å². The number of ketones is 3. The van der Waals surface area contributed by atoms with Crippen molar-refractivity contribution in [3.8, 4) is 0 Å². The minimum atomic E-state index is -1.16. The normalized spacial score (nSPS) is 16.0. The van der Waals surface area contributed by atoms with Gasteiger partial charge in [0.2, 0.25) is 0 Å². The Kier molecular flexibility index (Phi) is 3.84. The highest BCUT2D eigenvalue weighted by Gasteiger charge is 2.37. The topological polar surface area (TPSA) is 94.3 Å². The molecule has 0 saturated heterocycles. The van der Waals surface area contributed by atoms with E-state index >= 15 is 0 Å². The summed E-state index contributed by atoms with van der Waals surface area (Å²) in [7, 11) is 0. The van der Waals surface area contributed by atoms with Gasteiger partial charge in [-0.15, -0.1) is 0 Å². The number of nitro benzene ring substituents is 1. The lowest BCUT2D eigenvalue weighted by Crippen LogP contribution is -2.23. The SMILES string of the molecule is O=C(/C=C/c1ccc([N+](=O)[O-])cc1)C1C(=O)CCC1=O. The molecule has 1 aromatic rings. The number of hydrogen-bond acceptors (Lipinski definition) is 5. The Morgan fingerprint density at radius 1 is 1.15 bits per heavy atom. The van der Waals surface area contributed by atoms with E-state index in [9.17, 15) is 24.5 Å². The van der Waals surface area contributed by atoms with Crippen LogP contribution in [-0.2, 0) is 14.4 Å². The molecular weight excluding hydrogens is 262 g/mol. The maximum Gasteiger partial charge on any atom is 0.269 e. The van der Waals surface area contributed by atoms with E-state index in [2.05, 4.69) is 0 Å². The van der Waals surface area contributed by atoms with E-state index < -0.39 is 16.6 Å². The van der Waals surface area contributed by atoms with Crippen molar-refractivity contribution < 1.29 is 19.3 Å². The summed E-state index contributed by atoms with van der Waals surface area (Å²) >= 11 is 0. The number of Topliss-reactive ketones (excluding diaryl/α,β-unsaturated/α-hetero) is 2. The van der Waals surface area contributed by atoms with E-state index in [-0.39, 0.29) is 30.1 Å². The summed E-state index contributed by atoms with van der Waals surface area (Å²) in [5.74, 6) is -2.37. The Morgan fingerprint density at radius 2 is 1.70 bits per heavy atom. The molecule has 2 rings (SSSR count). The van der Waals surface area contributed by atoms with Gasteiger partial charge in [-0.2, -0.15) is 0 Å². The molecule has 1 saturated carbocycles. The fourth-order valence-electron chi connectivity index (χ4n) is 2.01. The van der Waals surface area contributed by atoms with Gasteiger partial charge in [-0.05, 0) is 23.8 Å². The second kappa shape index (κ2) is 5.56. The lowest BCUT2D eigenvalue weighted by Gasteiger charge is -2.00. The molecule has 102 valence electrons. The Bertz CT molecular complexity index is 599. The summed E-state index contributed by atoms with van der Waals surface area (Å²) < 4.78 is 0. The van der Waals surface area contributed by atoms with Crippen LogP contribution in [0, 0.1) is 16.0 Å². The highest BCUT2D eigenvalue weighted by molar-refractivity contribution is 6.26. The third-order valence-electron chi connectivity index (χ3n) is 3.09. The van der Waals surface area contributed by atoms with Gasteiger partial charge in [0.1, 0.15) is 5.92 Å². The first-order chi connectivity index (χ1) is 9.49. The summed E-state index contributed by atoms with van der Waals surface area (Å²) in [5, 5.41) is 10.5. The molecule has 0 radical (unpaired) electrons. The summed E-state index contributed by atoms with van der Waals surface area (Å²) in [6.45, 7) is 0. The third kappa shape index (κ3) is 2.85. The lowest BCUT2D eigenvalue weighted by molar-refractivity contribution is -0.384. The van der Waals surface area contributed by atoms with Crippen LogP contribution in [0.5, 0.6) is 0 Å². The Labute approximate surface area is 114 Å². The number of non-ortho nitro benzene ring substituents is 1. The minimum absolute atomic E-state index is 0.0466. The van der Waals surface area contributed by atoms with E-state index in [1.165, 1.54) is 36.4 Å². The lowest BCUT2D eigenvalue weighted by atomic mass is 9.99. The van der Waals surface area contributed by atoms with Crippen molar-refractivity contribution in [2.75, 3.05) is 0 Å². The van der Waals surface area contributed by atoms with Gasteiger partial charge in [0.05, 0.1) is 4.92 Å². The van der Waals surface area contributed by atoms with Crippen LogP contribution >= 0.6 is 0 Å². The Morgan fingerprint density at radius 3 is 2.20 bits per heavy atom. The molecule has 0 spiro atoms. The van der Waals surface area contributed by atoms with Crippen LogP contribution in [-0.4, -0.2) is 22.3 Å². The fourth-order valence-corrected chi connectivity index (χ4v) is 2.01. The molecule has 0 bridgehead atoms. The van der Waals surface area contributed by atoms with E-state index in [1.54, 1.807) is 0 Å². The molecule has 1 aliphatic rings. The van der Waals surface area contributed by atoms with Crippen molar-refractivity contribution in [1.29, 1.82) is 0 Å². The highest BCUT2D eigenvalue weighted by atomic mass is 16.6. The second-order valence-corrected chi connectivity index (χ2v) is 4.45. The summed E-state index contributed by atoms with van der Waals surface area (Å²) in [5.41, 5.74) is 0.538. The summed E-state index contributed by atoms with van der Waals surface area (Å²) in [6, 6.07) is 5.60. The maximum atomic E-state index is 11.8. The zero-order valence-electron chi connectivity index (χ0n) is 10.4. The van der Waals surface area contributed by atoms with Crippen molar-refractivity contribution in [2.24, 2.45) is 5.92 Å². The van der Waals surface area contributed by atoms with Crippen molar-refractivity contribution in [3.63, 3.8) is 0 Å². The molecule has 0 atom stereocenters. The molecule has 20 heavy (non-hydrogen) atoms. The maximum absolute atomic E-state index is 11.8. The van der Waals surface area contributed by atoms with Crippen molar-refractivity contribution >= 4 is 29.1 Å². The highest BCUT2D eigenvalue weighted by Crippen LogP contribution is 2.20. The fraction of sp³-hybridized carbons (Fsp3) is 0.214. The molecule has 1 fully saturated rings. The molecule has 0 aromatic heterocycles. The molecule has 0 unspecified atom stereocenters. The quantitative estimate of drug-likeness (QED) is 0.360. The number of nitro groups is 1.